The van der Waals surface area contributed by atoms with Crippen molar-refractivity contribution >= 4 is 33.3 Å². The quantitative estimate of drug-likeness (QED) is 0.851. The maximum Gasteiger partial charge on any atom is 0.410 e. The number of nitrogens with zero attached hydrogens (tertiary/aromatic N) is 3. The van der Waals surface area contributed by atoms with E-state index in [0.29, 0.717) is 18.7 Å². The fourth-order valence-corrected chi connectivity index (χ4v) is 4.10. The van der Waals surface area contributed by atoms with Gasteiger partial charge in [0, 0.05) is 35.6 Å². The van der Waals surface area contributed by atoms with Crippen molar-refractivity contribution in [1.82, 2.24) is 9.88 Å². The zero-order valence-electron chi connectivity index (χ0n) is 15.6. The van der Waals surface area contributed by atoms with E-state index in [1.807, 2.05) is 27.7 Å². The van der Waals surface area contributed by atoms with Crippen LogP contribution in [0.1, 0.15) is 44.1 Å². The largest absolute Gasteiger partial charge is 0.444 e. The molecule has 1 saturated heterocycles. The number of fused-ring (bicyclic) bond motifs is 1. The van der Waals surface area contributed by atoms with Crippen LogP contribution in [0.15, 0.2) is 12.3 Å². The summed E-state index contributed by atoms with van der Waals surface area (Å²) in [5, 5.41) is 13.7. The molecule has 0 radical (unpaired) electrons. The van der Waals surface area contributed by atoms with Gasteiger partial charge in [-0.3, -0.25) is 0 Å². The number of hydrogen-bond acceptors (Lipinski definition) is 6. The van der Waals surface area contributed by atoms with Crippen molar-refractivity contribution in [3.8, 4) is 6.07 Å². The van der Waals surface area contributed by atoms with Gasteiger partial charge in [-0.05, 0) is 46.6 Å². The topological polar surface area (TPSA) is 78.2 Å². The molecule has 2 aromatic rings. The van der Waals surface area contributed by atoms with Crippen LogP contribution < -0.4 is 5.32 Å². The molecule has 0 bridgehead atoms. The third-order valence-electron chi connectivity index (χ3n) is 4.21. The van der Waals surface area contributed by atoms with Crippen LogP contribution in [0.3, 0.4) is 0 Å². The molecule has 1 aliphatic heterocycles. The number of pyridine rings is 1. The van der Waals surface area contributed by atoms with Crippen LogP contribution >= 0.6 is 11.3 Å². The third-order valence-corrected chi connectivity index (χ3v) is 5.30. The van der Waals surface area contributed by atoms with Crippen LogP contribution in [-0.2, 0) is 4.74 Å². The molecule has 3 rings (SSSR count). The number of carbonyl (C=O) groups is 1. The Balaban J connectivity index is 1.76. The van der Waals surface area contributed by atoms with E-state index in [-0.39, 0.29) is 12.1 Å². The zero-order valence-corrected chi connectivity index (χ0v) is 16.4. The predicted octanol–water partition coefficient (Wildman–Crippen LogP) is 4.29. The number of amides is 1. The van der Waals surface area contributed by atoms with Crippen LogP contribution in [-0.4, -0.2) is 40.7 Å². The zero-order chi connectivity index (χ0) is 18.9. The van der Waals surface area contributed by atoms with Gasteiger partial charge in [-0.2, -0.15) is 5.26 Å². The molecule has 0 aliphatic carbocycles. The summed E-state index contributed by atoms with van der Waals surface area (Å²) >= 11 is 1.60. The van der Waals surface area contributed by atoms with E-state index in [1.165, 1.54) is 0 Å². The molecule has 138 valence electrons. The standard InChI is InChI=1S/C19H24N4O2S/c1-12-8-15-16(26-12)13(9-20)10-21-17(15)22-14-6-5-7-23(11-14)18(24)25-19(2,3)4/h8,10,14H,5-7,11H2,1-4H3,(H,21,22)/t14-/m0/s1. The lowest BCUT2D eigenvalue weighted by atomic mass is 10.1. The van der Waals surface area contributed by atoms with E-state index in [9.17, 15) is 10.1 Å². The summed E-state index contributed by atoms with van der Waals surface area (Å²) in [4.78, 5) is 19.7. The van der Waals surface area contributed by atoms with Crippen molar-refractivity contribution in [3.05, 3.63) is 22.7 Å². The van der Waals surface area contributed by atoms with Crippen molar-refractivity contribution in [2.24, 2.45) is 0 Å². The predicted molar refractivity (Wildman–Crippen MR) is 104 cm³/mol. The van der Waals surface area contributed by atoms with Gasteiger partial charge in [0.05, 0.1) is 10.3 Å². The Labute approximate surface area is 157 Å². The summed E-state index contributed by atoms with van der Waals surface area (Å²) in [5.74, 6) is 0.777. The molecule has 0 spiro atoms. The van der Waals surface area contributed by atoms with Gasteiger partial charge in [-0.15, -0.1) is 11.3 Å². The molecule has 2 aromatic heterocycles. The summed E-state index contributed by atoms with van der Waals surface area (Å²) in [6.07, 6.45) is 3.23. The Morgan fingerprint density at radius 2 is 2.27 bits per heavy atom. The molecule has 6 nitrogen and oxygen atoms in total. The number of likely N-dealkylation sites (tertiary alicyclic amines) is 1. The first kappa shape index (κ1) is 18.5. The third kappa shape index (κ3) is 4.07. The van der Waals surface area contributed by atoms with Gasteiger partial charge in [-0.1, -0.05) is 0 Å². The minimum Gasteiger partial charge on any atom is -0.444 e. The number of nitrogens with one attached hydrogen (secondary N) is 1. The first-order valence-electron chi connectivity index (χ1n) is 8.80. The average Bonchev–Trinajstić information content (AvgIpc) is 2.96. The van der Waals surface area contributed by atoms with Gasteiger partial charge in [0.2, 0.25) is 0 Å². The Hall–Kier alpha value is -2.33. The molecule has 1 atom stereocenters. The molecular weight excluding hydrogens is 348 g/mol. The van der Waals surface area contributed by atoms with Crippen LogP contribution in [0.2, 0.25) is 0 Å². The molecule has 26 heavy (non-hydrogen) atoms. The molecule has 0 unspecified atom stereocenters. The lowest BCUT2D eigenvalue weighted by molar-refractivity contribution is 0.0206. The molecule has 1 aliphatic rings. The minimum atomic E-state index is -0.494. The second-order valence-corrected chi connectivity index (χ2v) is 8.90. The second-order valence-electron chi connectivity index (χ2n) is 7.64. The maximum atomic E-state index is 12.3. The number of piperidine rings is 1. The summed E-state index contributed by atoms with van der Waals surface area (Å²) in [6, 6.07) is 4.38. The first-order valence-corrected chi connectivity index (χ1v) is 9.62. The number of hydrogen-bond donors (Lipinski definition) is 1. The van der Waals surface area contributed by atoms with Gasteiger partial charge >= 0.3 is 6.09 Å². The van der Waals surface area contributed by atoms with E-state index in [2.05, 4.69) is 22.4 Å². The highest BCUT2D eigenvalue weighted by atomic mass is 32.1. The molecule has 7 heteroatoms. The van der Waals surface area contributed by atoms with Crippen molar-refractivity contribution in [2.75, 3.05) is 18.4 Å². The number of aryl methyl sites for hydroxylation is 1. The van der Waals surface area contributed by atoms with E-state index in [0.717, 1.165) is 33.6 Å². The van der Waals surface area contributed by atoms with Crippen molar-refractivity contribution in [1.29, 1.82) is 5.26 Å². The minimum absolute atomic E-state index is 0.111. The monoisotopic (exact) mass is 372 g/mol. The highest BCUT2D eigenvalue weighted by molar-refractivity contribution is 7.19. The Morgan fingerprint density at radius 3 is 2.96 bits per heavy atom. The normalized spacial score (nSPS) is 17.8. The number of nitriles is 1. The number of rotatable bonds is 2. The smallest absolute Gasteiger partial charge is 0.410 e. The molecule has 3 heterocycles. The lowest BCUT2D eigenvalue weighted by Crippen LogP contribution is -2.47. The Kier molecular flexibility index (Phi) is 5.05. The summed E-state index contributed by atoms with van der Waals surface area (Å²) in [6.45, 7) is 8.95. The molecular formula is C19H24N4O2S. The van der Waals surface area contributed by atoms with Crippen LogP contribution in [0.25, 0.3) is 10.1 Å². The number of anilines is 1. The molecule has 1 fully saturated rings. The highest BCUT2D eigenvalue weighted by Crippen LogP contribution is 2.33. The molecule has 0 aromatic carbocycles. The van der Waals surface area contributed by atoms with Gasteiger partial charge < -0.3 is 15.0 Å². The Morgan fingerprint density at radius 1 is 1.50 bits per heavy atom. The van der Waals surface area contributed by atoms with Gasteiger partial charge in [0.15, 0.2) is 0 Å². The number of aromatic nitrogens is 1. The van der Waals surface area contributed by atoms with Crippen molar-refractivity contribution < 1.29 is 9.53 Å². The van der Waals surface area contributed by atoms with E-state index >= 15 is 0 Å². The molecule has 1 amide bonds. The fourth-order valence-electron chi connectivity index (χ4n) is 3.12. The van der Waals surface area contributed by atoms with E-state index in [4.69, 9.17) is 4.74 Å². The van der Waals surface area contributed by atoms with Crippen molar-refractivity contribution in [2.45, 2.75) is 52.2 Å². The van der Waals surface area contributed by atoms with Crippen LogP contribution in [0.5, 0.6) is 0 Å². The fraction of sp³-hybridized carbons (Fsp3) is 0.526. The highest BCUT2D eigenvalue weighted by Gasteiger charge is 2.28. The average molecular weight is 372 g/mol. The number of thiophene rings is 1. The summed E-state index contributed by atoms with van der Waals surface area (Å²) in [7, 11) is 0. The van der Waals surface area contributed by atoms with Gasteiger partial charge in [0.25, 0.3) is 0 Å². The number of carbonyl (C=O) groups excluding carboxylic acids is 1. The molecule has 0 saturated carbocycles. The van der Waals surface area contributed by atoms with Gasteiger partial charge in [0.1, 0.15) is 17.5 Å². The van der Waals surface area contributed by atoms with Gasteiger partial charge in [-0.25, -0.2) is 9.78 Å². The Bertz CT molecular complexity index is 863. The summed E-state index contributed by atoms with van der Waals surface area (Å²) in [5.41, 5.74) is 0.106. The van der Waals surface area contributed by atoms with E-state index < -0.39 is 5.60 Å². The lowest BCUT2D eigenvalue weighted by Gasteiger charge is -2.34. The van der Waals surface area contributed by atoms with Crippen LogP contribution in [0, 0.1) is 18.3 Å². The second kappa shape index (κ2) is 7.12. The molecule has 1 N–H and O–H groups in total. The van der Waals surface area contributed by atoms with Crippen molar-refractivity contribution in [3.63, 3.8) is 0 Å². The first-order chi connectivity index (χ1) is 12.3. The number of ether oxygens (including phenoxy) is 1. The van der Waals surface area contributed by atoms with E-state index in [1.54, 1.807) is 22.4 Å². The van der Waals surface area contributed by atoms with Crippen LogP contribution in [0.4, 0.5) is 10.6 Å². The maximum absolute atomic E-state index is 12.3. The summed E-state index contributed by atoms with van der Waals surface area (Å²) < 4.78 is 6.45. The SMILES string of the molecule is Cc1cc2c(N[C@H]3CCCN(C(=O)OC(C)(C)C)C3)ncc(C#N)c2s1.